The Hall–Kier alpha value is -2.03. The van der Waals surface area contributed by atoms with E-state index in [4.69, 9.17) is 0 Å². The summed E-state index contributed by atoms with van der Waals surface area (Å²) in [6, 6.07) is 9.96. The number of H-pyrrole nitrogens is 1. The maximum absolute atomic E-state index is 11.2. The lowest BCUT2D eigenvalue weighted by molar-refractivity contribution is 1.05. The number of nitrogens with one attached hydrogen (secondary N) is 1. The SMILES string of the molecule is C/C(=C/n1cc[nH]c1=O)c1ccccc1.CC. The van der Waals surface area contributed by atoms with Crippen LogP contribution in [0.1, 0.15) is 26.3 Å². The van der Waals surface area contributed by atoms with E-state index in [1.165, 1.54) is 4.57 Å². The van der Waals surface area contributed by atoms with Crippen molar-refractivity contribution in [1.29, 1.82) is 0 Å². The number of aromatic nitrogens is 2. The van der Waals surface area contributed by atoms with Gasteiger partial charge in [0.1, 0.15) is 0 Å². The molecule has 1 N–H and O–H groups in total. The molecule has 0 saturated heterocycles. The minimum Gasteiger partial charge on any atom is -0.312 e. The first kappa shape index (κ1) is 13.0. The highest BCUT2D eigenvalue weighted by molar-refractivity contribution is 5.73. The Morgan fingerprint density at radius 1 is 1.24 bits per heavy atom. The van der Waals surface area contributed by atoms with Crippen LogP contribution in [0.25, 0.3) is 11.8 Å². The lowest BCUT2D eigenvalue weighted by atomic mass is 10.1. The molecule has 1 aromatic heterocycles. The standard InChI is InChI=1S/C12H12N2O.C2H6/c1-10(11-5-3-2-4-6-11)9-14-8-7-13-12(14)15;1-2/h2-9H,1H3,(H,13,15);1-2H3/b10-9-;. The zero-order valence-electron chi connectivity index (χ0n) is 10.5. The van der Waals surface area contributed by atoms with Gasteiger partial charge in [0.25, 0.3) is 0 Å². The molecule has 0 unspecified atom stereocenters. The van der Waals surface area contributed by atoms with Crippen molar-refractivity contribution in [2.24, 2.45) is 0 Å². The van der Waals surface area contributed by atoms with E-state index in [1.54, 1.807) is 12.4 Å². The fourth-order valence-electron chi connectivity index (χ4n) is 1.42. The van der Waals surface area contributed by atoms with Crippen molar-refractivity contribution in [2.45, 2.75) is 20.8 Å². The molecule has 2 aromatic rings. The normalized spacial score (nSPS) is 10.6. The zero-order valence-corrected chi connectivity index (χ0v) is 10.5. The van der Waals surface area contributed by atoms with Gasteiger partial charge in [-0.3, -0.25) is 4.57 Å². The summed E-state index contributed by atoms with van der Waals surface area (Å²) in [6.07, 6.45) is 5.14. The van der Waals surface area contributed by atoms with Crippen molar-refractivity contribution in [3.05, 3.63) is 58.8 Å². The molecule has 3 nitrogen and oxygen atoms in total. The van der Waals surface area contributed by atoms with E-state index >= 15 is 0 Å². The van der Waals surface area contributed by atoms with Crippen LogP contribution >= 0.6 is 0 Å². The molecule has 0 spiro atoms. The minimum atomic E-state index is -0.120. The van der Waals surface area contributed by atoms with Gasteiger partial charge in [-0.2, -0.15) is 0 Å². The van der Waals surface area contributed by atoms with Crippen molar-refractivity contribution in [3.8, 4) is 0 Å². The second-order valence-electron chi connectivity index (χ2n) is 3.35. The first-order valence-electron chi connectivity index (χ1n) is 5.77. The van der Waals surface area contributed by atoms with Gasteiger partial charge < -0.3 is 4.98 Å². The fraction of sp³-hybridized carbons (Fsp3) is 0.214. The predicted octanol–water partition coefficient (Wildman–Crippen LogP) is 3.22. The van der Waals surface area contributed by atoms with Crippen LogP contribution in [0, 0.1) is 0 Å². The Balaban J connectivity index is 0.000000686. The molecule has 17 heavy (non-hydrogen) atoms. The van der Waals surface area contributed by atoms with Crippen LogP contribution in [0.5, 0.6) is 0 Å². The molecule has 90 valence electrons. The fourth-order valence-corrected chi connectivity index (χ4v) is 1.42. The smallest absolute Gasteiger partial charge is 0.312 e. The van der Waals surface area contributed by atoms with Crippen LogP contribution in [-0.2, 0) is 0 Å². The monoisotopic (exact) mass is 230 g/mol. The van der Waals surface area contributed by atoms with Gasteiger partial charge in [0, 0.05) is 18.6 Å². The molecular formula is C14H18N2O. The summed E-state index contributed by atoms with van der Waals surface area (Å²) in [6.45, 7) is 5.98. The van der Waals surface area contributed by atoms with Crippen LogP contribution in [0.15, 0.2) is 47.5 Å². The van der Waals surface area contributed by atoms with Crippen molar-refractivity contribution in [3.63, 3.8) is 0 Å². The molecule has 0 aliphatic carbocycles. The summed E-state index contributed by atoms with van der Waals surface area (Å²) in [7, 11) is 0. The Morgan fingerprint density at radius 2 is 1.88 bits per heavy atom. The zero-order chi connectivity index (χ0) is 12.7. The summed E-state index contributed by atoms with van der Waals surface area (Å²) >= 11 is 0. The molecule has 2 rings (SSSR count). The van der Waals surface area contributed by atoms with Crippen molar-refractivity contribution >= 4 is 11.8 Å². The number of aromatic amines is 1. The van der Waals surface area contributed by atoms with Gasteiger partial charge in [0.2, 0.25) is 0 Å². The minimum absolute atomic E-state index is 0.120. The number of allylic oxidation sites excluding steroid dienone is 1. The number of rotatable bonds is 2. The first-order chi connectivity index (χ1) is 8.27. The molecule has 0 fully saturated rings. The van der Waals surface area contributed by atoms with E-state index in [9.17, 15) is 4.79 Å². The van der Waals surface area contributed by atoms with Gasteiger partial charge in [-0.05, 0) is 18.1 Å². The van der Waals surface area contributed by atoms with Crippen LogP contribution in [0.2, 0.25) is 0 Å². The summed E-state index contributed by atoms with van der Waals surface area (Å²) in [5, 5.41) is 0. The number of hydrogen-bond donors (Lipinski definition) is 1. The largest absolute Gasteiger partial charge is 0.329 e. The third-order valence-corrected chi connectivity index (χ3v) is 2.24. The van der Waals surface area contributed by atoms with Crippen LogP contribution in [0.4, 0.5) is 0 Å². The highest BCUT2D eigenvalue weighted by Gasteiger charge is 1.95. The van der Waals surface area contributed by atoms with Gasteiger partial charge in [-0.25, -0.2) is 4.79 Å². The topological polar surface area (TPSA) is 37.8 Å². The molecule has 0 bridgehead atoms. The summed E-state index contributed by atoms with van der Waals surface area (Å²) in [5.41, 5.74) is 2.05. The third-order valence-electron chi connectivity index (χ3n) is 2.24. The average Bonchev–Trinajstić information content (AvgIpc) is 2.79. The van der Waals surface area contributed by atoms with E-state index in [1.807, 2.05) is 57.3 Å². The van der Waals surface area contributed by atoms with Gasteiger partial charge >= 0.3 is 5.69 Å². The Morgan fingerprint density at radius 3 is 2.41 bits per heavy atom. The Bertz CT molecular complexity index is 520. The Kier molecular flexibility index (Phi) is 5.01. The average molecular weight is 230 g/mol. The van der Waals surface area contributed by atoms with E-state index in [-0.39, 0.29) is 5.69 Å². The van der Waals surface area contributed by atoms with E-state index in [0.717, 1.165) is 11.1 Å². The van der Waals surface area contributed by atoms with Gasteiger partial charge in [-0.15, -0.1) is 0 Å². The van der Waals surface area contributed by atoms with Crippen LogP contribution in [0.3, 0.4) is 0 Å². The maximum Gasteiger partial charge on any atom is 0.329 e. The lowest BCUT2D eigenvalue weighted by Crippen LogP contribution is -2.10. The van der Waals surface area contributed by atoms with E-state index in [2.05, 4.69) is 4.98 Å². The quantitative estimate of drug-likeness (QED) is 0.845. The van der Waals surface area contributed by atoms with Crippen molar-refractivity contribution in [2.75, 3.05) is 0 Å². The number of imidazole rings is 1. The van der Waals surface area contributed by atoms with Gasteiger partial charge in [-0.1, -0.05) is 44.2 Å². The van der Waals surface area contributed by atoms with E-state index < -0.39 is 0 Å². The lowest BCUT2D eigenvalue weighted by Gasteiger charge is -2.00. The van der Waals surface area contributed by atoms with Gasteiger partial charge in [0.15, 0.2) is 0 Å². The predicted molar refractivity (Wildman–Crippen MR) is 72.7 cm³/mol. The van der Waals surface area contributed by atoms with Crippen LogP contribution < -0.4 is 5.69 Å². The van der Waals surface area contributed by atoms with Crippen LogP contribution in [-0.4, -0.2) is 9.55 Å². The van der Waals surface area contributed by atoms with Gasteiger partial charge in [0.05, 0.1) is 0 Å². The number of hydrogen-bond acceptors (Lipinski definition) is 1. The first-order valence-corrected chi connectivity index (χ1v) is 5.77. The summed E-state index contributed by atoms with van der Waals surface area (Å²) in [4.78, 5) is 13.8. The number of nitrogens with zero attached hydrogens (tertiary/aromatic N) is 1. The molecule has 0 aliphatic rings. The Labute approximate surface area is 101 Å². The molecule has 0 saturated carbocycles. The molecule has 0 amide bonds. The van der Waals surface area contributed by atoms with E-state index in [0.29, 0.717) is 0 Å². The molecular weight excluding hydrogens is 212 g/mol. The summed E-state index contributed by atoms with van der Waals surface area (Å²) in [5.74, 6) is 0. The number of benzene rings is 1. The maximum atomic E-state index is 11.2. The van der Waals surface area contributed by atoms with Crippen molar-refractivity contribution < 1.29 is 0 Å². The molecule has 3 heteroatoms. The third kappa shape index (κ3) is 3.48. The second kappa shape index (κ2) is 6.53. The molecule has 0 radical (unpaired) electrons. The molecule has 1 heterocycles. The molecule has 1 aromatic carbocycles. The highest BCUT2D eigenvalue weighted by atomic mass is 16.1. The molecule has 0 aliphatic heterocycles. The summed E-state index contributed by atoms with van der Waals surface area (Å²) < 4.78 is 1.53. The molecule has 0 atom stereocenters. The second-order valence-corrected chi connectivity index (χ2v) is 3.35. The highest BCUT2D eigenvalue weighted by Crippen LogP contribution is 2.12. The van der Waals surface area contributed by atoms with Crippen molar-refractivity contribution in [1.82, 2.24) is 9.55 Å².